The first kappa shape index (κ1) is 28.0. The number of quaternary nitrogens is 1. The minimum absolute atomic E-state index is 1.34. The first-order valence-electron chi connectivity index (χ1n) is 13.5. The fraction of sp³-hybridized carbons (Fsp3) is 1.00. The van der Waals surface area contributed by atoms with Crippen molar-refractivity contribution in [3.63, 3.8) is 0 Å². The second-order valence-electron chi connectivity index (χ2n) is 9.80. The van der Waals surface area contributed by atoms with Gasteiger partial charge in [-0.25, -0.2) is 0 Å². The molecule has 1 heteroatoms. The normalized spacial score (nSPS) is 13.7. The van der Waals surface area contributed by atoms with Crippen LogP contribution in [0.15, 0.2) is 0 Å². The quantitative estimate of drug-likeness (QED) is 0.119. The van der Waals surface area contributed by atoms with E-state index in [1.165, 1.54) is 153 Å². The van der Waals surface area contributed by atoms with E-state index in [4.69, 9.17) is 0 Å². The highest BCUT2D eigenvalue weighted by Gasteiger charge is 2.19. The lowest BCUT2D eigenvalue weighted by Crippen LogP contribution is -2.46. The van der Waals surface area contributed by atoms with E-state index >= 15 is 0 Å². The van der Waals surface area contributed by atoms with Gasteiger partial charge in [-0.05, 0) is 32.1 Å². The third kappa shape index (κ3) is 19.3. The van der Waals surface area contributed by atoms with Crippen molar-refractivity contribution in [1.29, 1.82) is 0 Å². The summed E-state index contributed by atoms with van der Waals surface area (Å²) >= 11 is 0. The molecule has 0 aromatic carbocycles. The zero-order valence-corrected chi connectivity index (χ0v) is 20.7. The summed E-state index contributed by atoms with van der Waals surface area (Å²) in [7, 11) is 2.53. The van der Waals surface area contributed by atoms with Crippen LogP contribution in [0.2, 0.25) is 0 Å². The van der Waals surface area contributed by atoms with Crippen LogP contribution in [0.25, 0.3) is 0 Å². The molecule has 0 bridgehead atoms. The Labute approximate surface area is 180 Å². The molecule has 0 spiro atoms. The molecule has 0 saturated heterocycles. The van der Waals surface area contributed by atoms with Gasteiger partial charge < -0.3 is 4.48 Å². The summed E-state index contributed by atoms with van der Waals surface area (Å²) in [6, 6.07) is 0. The zero-order valence-electron chi connectivity index (χ0n) is 20.7. The van der Waals surface area contributed by atoms with Crippen molar-refractivity contribution >= 4 is 0 Å². The van der Waals surface area contributed by atoms with Crippen molar-refractivity contribution in [2.75, 3.05) is 26.7 Å². The predicted molar refractivity (Wildman–Crippen MR) is 130 cm³/mol. The largest absolute Gasteiger partial charge is 0.326 e. The molecule has 0 aliphatic rings. The Kier molecular flexibility index (Phi) is 21.6. The monoisotopic (exact) mass is 396 g/mol. The van der Waals surface area contributed by atoms with Crippen LogP contribution >= 0.6 is 0 Å². The van der Waals surface area contributed by atoms with E-state index in [-0.39, 0.29) is 0 Å². The van der Waals surface area contributed by atoms with Crippen LogP contribution in [0.3, 0.4) is 0 Å². The van der Waals surface area contributed by atoms with Crippen molar-refractivity contribution in [3.05, 3.63) is 0 Å². The Hall–Kier alpha value is -0.0400. The maximum Gasteiger partial charge on any atom is 0.0784 e. The Morgan fingerprint density at radius 2 is 0.607 bits per heavy atom. The van der Waals surface area contributed by atoms with Crippen LogP contribution in [-0.2, 0) is 0 Å². The Balaban J connectivity index is 3.62. The molecule has 1 unspecified atom stereocenters. The average molecular weight is 397 g/mol. The Morgan fingerprint density at radius 1 is 0.321 bits per heavy atom. The molecule has 0 rings (SSSR count). The van der Waals surface area contributed by atoms with E-state index in [2.05, 4.69) is 27.8 Å². The van der Waals surface area contributed by atoms with Crippen LogP contribution < -0.4 is 0 Å². The van der Waals surface area contributed by atoms with Crippen molar-refractivity contribution < 1.29 is 4.48 Å². The number of hydrogen-bond acceptors (Lipinski definition) is 0. The molecule has 170 valence electrons. The molecule has 0 aliphatic heterocycles. The topological polar surface area (TPSA) is 0 Å². The summed E-state index contributed by atoms with van der Waals surface area (Å²) in [5, 5.41) is 0. The summed E-state index contributed by atoms with van der Waals surface area (Å²) in [5.41, 5.74) is 0. The third-order valence-electron chi connectivity index (χ3n) is 6.62. The molecule has 0 aliphatic carbocycles. The minimum atomic E-state index is 1.34. The van der Waals surface area contributed by atoms with Gasteiger partial charge in [0.05, 0.1) is 26.7 Å². The number of hydrogen-bond donors (Lipinski definition) is 0. The maximum absolute atomic E-state index is 2.53. The van der Waals surface area contributed by atoms with E-state index in [0.717, 1.165) is 0 Å². The predicted octanol–water partition coefficient (Wildman–Crippen LogP) is 9.29. The summed E-state index contributed by atoms with van der Waals surface area (Å²) in [5.74, 6) is 0. The smallest absolute Gasteiger partial charge is 0.0784 e. The van der Waals surface area contributed by atoms with E-state index in [1.807, 2.05) is 0 Å². The van der Waals surface area contributed by atoms with Gasteiger partial charge in [0.25, 0.3) is 0 Å². The summed E-state index contributed by atoms with van der Waals surface area (Å²) in [6.45, 7) is 11.2. The van der Waals surface area contributed by atoms with Crippen molar-refractivity contribution in [2.24, 2.45) is 0 Å². The van der Waals surface area contributed by atoms with E-state index < -0.39 is 0 Å². The molecule has 0 amide bonds. The van der Waals surface area contributed by atoms with Gasteiger partial charge in [0.15, 0.2) is 0 Å². The fourth-order valence-electron chi connectivity index (χ4n) is 4.66. The molecule has 1 nitrogen and oxygen atoms in total. The highest BCUT2D eigenvalue weighted by atomic mass is 15.3. The minimum Gasteiger partial charge on any atom is -0.326 e. The van der Waals surface area contributed by atoms with Crippen LogP contribution in [0.1, 0.15) is 149 Å². The second-order valence-corrected chi connectivity index (χ2v) is 9.80. The van der Waals surface area contributed by atoms with E-state index in [9.17, 15) is 0 Å². The zero-order chi connectivity index (χ0) is 20.8. The Bertz CT molecular complexity index is 288. The summed E-state index contributed by atoms with van der Waals surface area (Å²) < 4.78 is 1.34. The third-order valence-corrected chi connectivity index (χ3v) is 6.62. The molecule has 0 aromatic rings. The molecule has 0 heterocycles. The lowest BCUT2D eigenvalue weighted by atomic mass is 10.1. The van der Waals surface area contributed by atoms with Crippen molar-refractivity contribution in [1.82, 2.24) is 0 Å². The van der Waals surface area contributed by atoms with Gasteiger partial charge in [0.1, 0.15) is 0 Å². The summed E-state index contributed by atoms with van der Waals surface area (Å²) in [4.78, 5) is 0. The molecule has 0 aromatic heterocycles. The van der Waals surface area contributed by atoms with Gasteiger partial charge >= 0.3 is 0 Å². The van der Waals surface area contributed by atoms with Gasteiger partial charge in [-0.3, -0.25) is 0 Å². The van der Waals surface area contributed by atoms with Gasteiger partial charge in [-0.15, -0.1) is 0 Å². The van der Waals surface area contributed by atoms with Gasteiger partial charge in [0, 0.05) is 0 Å². The average Bonchev–Trinajstić information content (AvgIpc) is 2.68. The number of unbranched alkanes of at least 4 members (excludes halogenated alkanes) is 17. The second kappa shape index (κ2) is 21.7. The van der Waals surface area contributed by atoms with Crippen molar-refractivity contribution in [2.45, 2.75) is 149 Å². The molecule has 0 N–H and O–H groups in total. The molecule has 0 saturated carbocycles. The van der Waals surface area contributed by atoms with Crippen molar-refractivity contribution in [3.8, 4) is 0 Å². The maximum atomic E-state index is 2.53. The molecule has 1 atom stereocenters. The van der Waals surface area contributed by atoms with E-state index in [0.29, 0.717) is 0 Å². The first-order chi connectivity index (χ1) is 13.7. The van der Waals surface area contributed by atoms with Crippen LogP contribution in [0.5, 0.6) is 0 Å². The van der Waals surface area contributed by atoms with Gasteiger partial charge in [-0.1, -0.05) is 117 Å². The number of nitrogens with zero attached hydrogens (tertiary/aromatic N) is 1. The van der Waals surface area contributed by atoms with Crippen LogP contribution in [-0.4, -0.2) is 31.2 Å². The van der Waals surface area contributed by atoms with Crippen LogP contribution in [0, 0.1) is 0 Å². The Morgan fingerprint density at radius 3 is 0.893 bits per heavy atom. The van der Waals surface area contributed by atoms with Gasteiger partial charge in [-0.2, -0.15) is 0 Å². The highest BCUT2D eigenvalue weighted by molar-refractivity contribution is 4.51. The highest BCUT2D eigenvalue weighted by Crippen LogP contribution is 2.15. The molecule has 28 heavy (non-hydrogen) atoms. The molecular formula is C27H58N+. The summed E-state index contributed by atoms with van der Waals surface area (Å²) in [6.07, 6.45) is 28.9. The van der Waals surface area contributed by atoms with Crippen LogP contribution in [0.4, 0.5) is 0 Å². The SMILES string of the molecule is CCCCCCCCCCCC[N+](C)(CCC)CCCCCCCCCCC. The fourth-order valence-corrected chi connectivity index (χ4v) is 4.66. The first-order valence-corrected chi connectivity index (χ1v) is 13.5. The lowest BCUT2D eigenvalue weighted by Gasteiger charge is -2.34. The lowest BCUT2D eigenvalue weighted by molar-refractivity contribution is -0.910. The number of rotatable bonds is 23. The molecular weight excluding hydrogens is 338 g/mol. The molecule has 0 fully saturated rings. The van der Waals surface area contributed by atoms with E-state index in [1.54, 1.807) is 0 Å². The van der Waals surface area contributed by atoms with Gasteiger partial charge in [0.2, 0.25) is 0 Å². The standard InChI is InChI=1S/C27H58N/c1-5-8-10-12-14-16-18-20-22-24-27-28(4,25-7-3)26-23-21-19-17-15-13-11-9-6-2/h5-27H2,1-4H3/q+1. The molecule has 0 radical (unpaired) electrons.